The van der Waals surface area contributed by atoms with Gasteiger partial charge >= 0.3 is 0 Å². The number of amides is 1. The minimum Gasteiger partial charge on any atom is -0.324 e. The third-order valence-corrected chi connectivity index (χ3v) is 1.84. The molecule has 0 saturated carbocycles. The van der Waals surface area contributed by atoms with E-state index in [1.807, 2.05) is 0 Å². The van der Waals surface area contributed by atoms with Crippen molar-refractivity contribution >= 4 is 18.0 Å². The molecular formula is C7H10N2O3. The van der Waals surface area contributed by atoms with Gasteiger partial charge in [-0.15, -0.1) is 0 Å². The second-order valence-corrected chi connectivity index (χ2v) is 2.67. The summed E-state index contributed by atoms with van der Waals surface area (Å²) >= 11 is 0. The molecule has 0 radical (unpaired) electrons. The zero-order valence-corrected chi connectivity index (χ0v) is 6.53. The minimum atomic E-state index is -0.589. The molecule has 0 aromatic carbocycles. The largest absolute Gasteiger partial charge is 0.324 e. The second-order valence-electron chi connectivity index (χ2n) is 2.67. The Morgan fingerprint density at radius 2 is 2.42 bits per heavy atom. The van der Waals surface area contributed by atoms with Crippen LogP contribution in [0.15, 0.2) is 0 Å². The van der Waals surface area contributed by atoms with Gasteiger partial charge in [0.1, 0.15) is 6.29 Å². The molecule has 1 rings (SSSR count). The van der Waals surface area contributed by atoms with E-state index in [2.05, 4.69) is 0 Å². The summed E-state index contributed by atoms with van der Waals surface area (Å²) < 4.78 is 0. The molecule has 2 N–H and O–H groups in total. The summed E-state index contributed by atoms with van der Waals surface area (Å²) in [7, 11) is 0. The van der Waals surface area contributed by atoms with Gasteiger partial charge in [-0.1, -0.05) is 0 Å². The van der Waals surface area contributed by atoms with Gasteiger partial charge in [-0.2, -0.15) is 0 Å². The second kappa shape index (κ2) is 3.44. The number of aldehydes is 1. The Bertz CT molecular complexity index is 227. The predicted molar refractivity (Wildman–Crippen MR) is 40.2 cm³/mol. The predicted octanol–water partition coefficient (Wildman–Crippen LogP) is -1.69. The molecule has 66 valence electrons. The monoisotopic (exact) mass is 170 g/mol. The van der Waals surface area contributed by atoms with Crippen LogP contribution in [0.3, 0.4) is 0 Å². The fourth-order valence-corrected chi connectivity index (χ4v) is 1.23. The molecule has 0 unspecified atom stereocenters. The van der Waals surface area contributed by atoms with Crippen LogP contribution in [0, 0.1) is 0 Å². The molecule has 1 amide bonds. The van der Waals surface area contributed by atoms with Crippen LogP contribution < -0.4 is 5.73 Å². The summed E-state index contributed by atoms with van der Waals surface area (Å²) in [4.78, 5) is 33.5. The smallest absolute Gasteiger partial charge is 0.237 e. The number of nitrogens with two attached hydrogens (primary N) is 1. The maximum atomic E-state index is 11.0. The first-order chi connectivity index (χ1) is 5.69. The normalized spacial score (nSPS) is 22.9. The van der Waals surface area contributed by atoms with E-state index >= 15 is 0 Å². The maximum absolute atomic E-state index is 11.0. The Morgan fingerprint density at radius 1 is 1.75 bits per heavy atom. The zero-order valence-electron chi connectivity index (χ0n) is 6.53. The van der Waals surface area contributed by atoms with Crippen molar-refractivity contribution in [1.82, 2.24) is 4.90 Å². The molecule has 0 spiro atoms. The summed E-state index contributed by atoms with van der Waals surface area (Å²) in [6, 6.07) is -0.589. The van der Waals surface area contributed by atoms with Gasteiger partial charge in [0.05, 0.1) is 19.1 Å². The third kappa shape index (κ3) is 1.50. The van der Waals surface area contributed by atoms with Gasteiger partial charge in [0.25, 0.3) is 0 Å². The molecule has 5 nitrogen and oxygen atoms in total. The molecule has 1 heterocycles. The van der Waals surface area contributed by atoms with E-state index in [4.69, 9.17) is 5.73 Å². The average molecular weight is 170 g/mol. The third-order valence-electron chi connectivity index (χ3n) is 1.84. The Labute approximate surface area is 69.5 Å². The van der Waals surface area contributed by atoms with Crippen molar-refractivity contribution in [3.8, 4) is 0 Å². The molecule has 0 aliphatic carbocycles. The molecule has 1 fully saturated rings. The summed E-state index contributed by atoms with van der Waals surface area (Å²) in [6.07, 6.45) is 0.744. The minimum absolute atomic E-state index is 0.0272. The van der Waals surface area contributed by atoms with E-state index in [-0.39, 0.29) is 31.2 Å². The van der Waals surface area contributed by atoms with Gasteiger partial charge in [0.2, 0.25) is 5.91 Å². The molecule has 0 aromatic rings. The Balaban J connectivity index is 2.69. The highest BCUT2D eigenvalue weighted by Crippen LogP contribution is 2.11. The molecule has 0 bridgehead atoms. The standard InChI is InChI=1S/C7H10N2O3/c8-2-7(12)9-3-6(11)1-5(9)4-10/h4-5H,1-3,8H2/t5-/m0/s1. The van der Waals surface area contributed by atoms with Crippen molar-refractivity contribution < 1.29 is 14.4 Å². The molecular weight excluding hydrogens is 160 g/mol. The van der Waals surface area contributed by atoms with Crippen molar-refractivity contribution in [2.24, 2.45) is 5.73 Å². The SMILES string of the molecule is NCC(=O)N1CC(=O)C[C@H]1C=O. The summed E-state index contributed by atoms with van der Waals surface area (Å²) in [6.45, 7) is -0.128. The number of hydrogen-bond acceptors (Lipinski definition) is 4. The summed E-state index contributed by atoms with van der Waals surface area (Å²) in [5.41, 5.74) is 5.10. The fourth-order valence-electron chi connectivity index (χ4n) is 1.23. The van der Waals surface area contributed by atoms with Crippen LogP contribution in [0.4, 0.5) is 0 Å². The zero-order chi connectivity index (χ0) is 9.14. The number of carbonyl (C=O) groups excluding carboxylic acids is 3. The van der Waals surface area contributed by atoms with Crippen LogP contribution in [0.5, 0.6) is 0 Å². The molecule has 5 heteroatoms. The summed E-state index contributed by atoms with van der Waals surface area (Å²) in [5, 5.41) is 0. The Kier molecular flexibility index (Phi) is 2.54. The van der Waals surface area contributed by atoms with Crippen LogP contribution in [0.25, 0.3) is 0 Å². The number of Topliss-reactive ketones (excluding diaryl/α,β-unsaturated/α-hetero) is 1. The van der Waals surface area contributed by atoms with Gasteiger partial charge < -0.3 is 15.4 Å². The van der Waals surface area contributed by atoms with Crippen LogP contribution >= 0.6 is 0 Å². The lowest BCUT2D eigenvalue weighted by molar-refractivity contribution is -0.133. The first-order valence-electron chi connectivity index (χ1n) is 3.65. The Morgan fingerprint density at radius 3 is 2.92 bits per heavy atom. The van der Waals surface area contributed by atoms with Crippen LogP contribution in [-0.4, -0.2) is 42.0 Å². The highest BCUT2D eigenvalue weighted by Gasteiger charge is 2.32. The average Bonchev–Trinajstić information content (AvgIpc) is 2.45. The fraction of sp³-hybridized carbons (Fsp3) is 0.571. The van der Waals surface area contributed by atoms with Crippen molar-refractivity contribution in [1.29, 1.82) is 0 Å². The first-order valence-corrected chi connectivity index (χ1v) is 3.65. The van der Waals surface area contributed by atoms with Crippen LogP contribution in [0.2, 0.25) is 0 Å². The number of hydrogen-bond donors (Lipinski definition) is 1. The highest BCUT2D eigenvalue weighted by atomic mass is 16.2. The van der Waals surface area contributed by atoms with Crippen LogP contribution in [0.1, 0.15) is 6.42 Å². The molecule has 12 heavy (non-hydrogen) atoms. The molecule has 1 saturated heterocycles. The Hall–Kier alpha value is -1.23. The van der Waals surface area contributed by atoms with Gasteiger partial charge in [0.15, 0.2) is 5.78 Å². The molecule has 1 aliphatic heterocycles. The highest BCUT2D eigenvalue weighted by molar-refractivity contribution is 5.94. The lowest BCUT2D eigenvalue weighted by Crippen LogP contribution is -2.40. The number of carbonyl (C=O) groups is 3. The van der Waals surface area contributed by atoms with E-state index in [0.29, 0.717) is 6.29 Å². The number of rotatable bonds is 2. The number of nitrogens with zero attached hydrogens (tertiary/aromatic N) is 1. The van der Waals surface area contributed by atoms with E-state index in [9.17, 15) is 14.4 Å². The lowest BCUT2D eigenvalue weighted by atomic mass is 10.2. The lowest BCUT2D eigenvalue weighted by Gasteiger charge is -2.17. The molecule has 0 aromatic heterocycles. The first kappa shape index (κ1) is 8.86. The van der Waals surface area contributed by atoms with E-state index < -0.39 is 6.04 Å². The maximum Gasteiger partial charge on any atom is 0.237 e. The van der Waals surface area contributed by atoms with Crippen molar-refractivity contribution in [3.63, 3.8) is 0 Å². The van der Waals surface area contributed by atoms with Crippen molar-refractivity contribution in [2.75, 3.05) is 13.1 Å². The van der Waals surface area contributed by atoms with Crippen molar-refractivity contribution in [3.05, 3.63) is 0 Å². The van der Waals surface area contributed by atoms with Gasteiger partial charge in [-0.25, -0.2) is 0 Å². The molecule has 1 aliphatic rings. The number of ketones is 1. The van der Waals surface area contributed by atoms with Gasteiger partial charge in [0, 0.05) is 6.42 Å². The molecule has 1 atom stereocenters. The van der Waals surface area contributed by atoms with E-state index in [1.54, 1.807) is 0 Å². The van der Waals surface area contributed by atoms with E-state index in [1.165, 1.54) is 4.90 Å². The quantitative estimate of drug-likeness (QED) is 0.501. The summed E-state index contributed by atoms with van der Waals surface area (Å²) in [5.74, 6) is -0.438. The number of likely N-dealkylation sites (tertiary alicyclic amines) is 1. The van der Waals surface area contributed by atoms with Crippen molar-refractivity contribution in [2.45, 2.75) is 12.5 Å². The van der Waals surface area contributed by atoms with Crippen LogP contribution in [-0.2, 0) is 14.4 Å². The van der Waals surface area contributed by atoms with E-state index in [0.717, 1.165) is 0 Å². The van der Waals surface area contributed by atoms with Gasteiger partial charge in [-0.3, -0.25) is 9.59 Å². The van der Waals surface area contributed by atoms with Gasteiger partial charge in [-0.05, 0) is 0 Å². The topological polar surface area (TPSA) is 80.5 Å².